The smallest absolute Gasteiger partial charge is 0.356 e. The number of carbonyl (C=O) groups is 1. The summed E-state index contributed by atoms with van der Waals surface area (Å²) in [5, 5.41) is 9.75. The minimum absolute atomic E-state index is 0.0560. The molecule has 0 unspecified atom stereocenters. The van der Waals surface area contributed by atoms with Gasteiger partial charge in [-0.15, -0.1) is 11.3 Å². The Morgan fingerprint density at radius 3 is 2.94 bits per heavy atom. The molecule has 17 heavy (non-hydrogen) atoms. The maximum absolute atomic E-state index is 13.5. The highest BCUT2D eigenvalue weighted by molar-refractivity contribution is 7.15. The fourth-order valence-electron chi connectivity index (χ4n) is 1.34. The molecule has 2 aromatic heterocycles. The van der Waals surface area contributed by atoms with E-state index in [1.54, 1.807) is 6.92 Å². The van der Waals surface area contributed by atoms with E-state index in [-0.39, 0.29) is 21.2 Å². The normalized spacial score (nSPS) is 10.5. The summed E-state index contributed by atoms with van der Waals surface area (Å²) >= 11 is 6.80. The molecule has 0 saturated heterocycles. The summed E-state index contributed by atoms with van der Waals surface area (Å²) in [5.41, 5.74) is -0.129. The fraction of sp³-hybridized carbons (Fsp3) is 0.100. The van der Waals surface area contributed by atoms with Gasteiger partial charge in [-0.3, -0.25) is 0 Å². The summed E-state index contributed by atoms with van der Waals surface area (Å²) in [5.74, 6) is -1.97. The van der Waals surface area contributed by atoms with Gasteiger partial charge in [0.25, 0.3) is 0 Å². The Morgan fingerprint density at radius 2 is 2.29 bits per heavy atom. The van der Waals surface area contributed by atoms with Crippen LogP contribution < -0.4 is 0 Å². The molecule has 7 heteroatoms. The number of hydrogen-bond acceptors (Lipinski definition) is 4. The molecule has 0 amide bonds. The van der Waals surface area contributed by atoms with E-state index in [9.17, 15) is 9.18 Å². The van der Waals surface area contributed by atoms with E-state index in [1.807, 2.05) is 0 Å². The third kappa shape index (κ3) is 2.27. The molecule has 0 aliphatic heterocycles. The Hall–Kier alpha value is -1.53. The molecule has 2 rings (SSSR count). The van der Waals surface area contributed by atoms with Crippen molar-refractivity contribution in [3.8, 4) is 10.4 Å². The molecule has 0 saturated carbocycles. The lowest BCUT2D eigenvalue weighted by Gasteiger charge is -2.00. The van der Waals surface area contributed by atoms with Crippen LogP contribution in [0.1, 0.15) is 15.5 Å². The minimum Gasteiger partial charge on any atom is -0.476 e. The molecule has 2 aromatic rings. The number of halogens is 2. The largest absolute Gasteiger partial charge is 0.476 e. The van der Waals surface area contributed by atoms with Crippen molar-refractivity contribution in [2.24, 2.45) is 0 Å². The molecule has 0 fully saturated rings. The van der Waals surface area contributed by atoms with E-state index in [2.05, 4.69) is 9.97 Å². The van der Waals surface area contributed by atoms with Crippen LogP contribution in [0.4, 0.5) is 4.39 Å². The molecule has 2 heterocycles. The van der Waals surface area contributed by atoms with Gasteiger partial charge in [-0.25, -0.2) is 14.8 Å². The molecule has 0 aliphatic rings. The molecule has 0 aliphatic carbocycles. The average Bonchev–Trinajstić information content (AvgIpc) is 2.64. The first-order chi connectivity index (χ1) is 7.99. The molecule has 1 N–H and O–H groups in total. The van der Waals surface area contributed by atoms with E-state index >= 15 is 0 Å². The highest BCUT2D eigenvalue weighted by Crippen LogP contribution is 2.32. The summed E-state index contributed by atoms with van der Waals surface area (Å²) in [7, 11) is 0. The Morgan fingerprint density at radius 1 is 1.59 bits per heavy atom. The molecule has 0 atom stereocenters. The van der Waals surface area contributed by atoms with Crippen LogP contribution in [0.2, 0.25) is 5.02 Å². The number of hydrogen-bond donors (Lipinski definition) is 1. The van der Waals surface area contributed by atoms with E-state index in [4.69, 9.17) is 16.7 Å². The van der Waals surface area contributed by atoms with Crippen LogP contribution in [0.3, 0.4) is 0 Å². The number of thiazole rings is 1. The monoisotopic (exact) mass is 272 g/mol. The summed E-state index contributed by atoms with van der Waals surface area (Å²) in [6.45, 7) is 1.65. The van der Waals surface area contributed by atoms with Crippen LogP contribution in [-0.2, 0) is 0 Å². The maximum Gasteiger partial charge on any atom is 0.356 e. The Kier molecular flexibility index (Phi) is 3.08. The van der Waals surface area contributed by atoms with Crippen molar-refractivity contribution in [2.75, 3.05) is 0 Å². The van der Waals surface area contributed by atoms with E-state index in [0.717, 1.165) is 17.5 Å². The van der Waals surface area contributed by atoms with Crippen LogP contribution in [0.5, 0.6) is 0 Å². The third-order valence-corrected chi connectivity index (χ3v) is 3.20. The van der Waals surface area contributed by atoms with Crippen molar-refractivity contribution in [1.82, 2.24) is 9.97 Å². The minimum atomic E-state index is -1.20. The molecular weight excluding hydrogens is 267 g/mol. The second-order valence-electron chi connectivity index (χ2n) is 3.21. The zero-order valence-corrected chi connectivity index (χ0v) is 10.1. The molecule has 4 nitrogen and oxygen atoms in total. The number of aromatic nitrogens is 2. The molecule has 88 valence electrons. The zero-order valence-electron chi connectivity index (χ0n) is 8.57. The Bertz CT molecular complexity index is 600. The number of pyridine rings is 1. The fourth-order valence-corrected chi connectivity index (χ4v) is 2.41. The van der Waals surface area contributed by atoms with E-state index in [0.29, 0.717) is 5.01 Å². The van der Waals surface area contributed by atoms with Crippen LogP contribution in [0.15, 0.2) is 12.3 Å². The van der Waals surface area contributed by atoms with Gasteiger partial charge in [0, 0.05) is 6.20 Å². The number of carboxylic acid groups (broad SMARTS) is 1. The van der Waals surface area contributed by atoms with Gasteiger partial charge in [0.05, 0.1) is 20.5 Å². The van der Waals surface area contributed by atoms with Crippen molar-refractivity contribution >= 4 is 28.9 Å². The number of nitrogens with zero attached hydrogens (tertiary/aromatic N) is 2. The zero-order chi connectivity index (χ0) is 12.6. The predicted octanol–water partition coefficient (Wildman–Crippen LogP) is 3.00. The first kappa shape index (κ1) is 11.9. The average molecular weight is 273 g/mol. The van der Waals surface area contributed by atoms with Crippen LogP contribution >= 0.6 is 22.9 Å². The summed E-state index contributed by atoms with van der Waals surface area (Å²) < 4.78 is 13.5. The number of aryl methyl sites for hydroxylation is 1. The SMILES string of the molecule is Cc1nc(C(=O)O)c(-c2cc(Cl)cnc2F)s1. The standard InChI is InChI=1S/C10H6ClFN2O2S/c1-4-14-7(10(15)16)8(17-4)6-2-5(11)3-13-9(6)12/h2-3H,1H3,(H,15,16). The summed E-state index contributed by atoms with van der Waals surface area (Å²) in [4.78, 5) is 18.5. The first-order valence-electron chi connectivity index (χ1n) is 4.51. The quantitative estimate of drug-likeness (QED) is 0.854. The Labute approximate surface area is 105 Å². The second kappa shape index (κ2) is 4.38. The molecule has 0 aromatic carbocycles. The van der Waals surface area contributed by atoms with Crippen molar-refractivity contribution in [3.63, 3.8) is 0 Å². The number of rotatable bonds is 2. The van der Waals surface area contributed by atoms with Crippen LogP contribution in [0.25, 0.3) is 10.4 Å². The van der Waals surface area contributed by atoms with E-state index in [1.165, 1.54) is 6.07 Å². The van der Waals surface area contributed by atoms with Crippen molar-refractivity contribution in [3.05, 3.63) is 33.9 Å². The van der Waals surface area contributed by atoms with Crippen molar-refractivity contribution < 1.29 is 14.3 Å². The third-order valence-electron chi connectivity index (χ3n) is 1.99. The van der Waals surface area contributed by atoms with Crippen molar-refractivity contribution in [2.45, 2.75) is 6.92 Å². The van der Waals surface area contributed by atoms with Crippen LogP contribution in [0, 0.1) is 12.9 Å². The van der Waals surface area contributed by atoms with Gasteiger partial charge in [-0.05, 0) is 13.0 Å². The first-order valence-corrected chi connectivity index (χ1v) is 5.70. The molecular formula is C10H6ClFN2O2S. The van der Waals surface area contributed by atoms with Gasteiger partial charge in [-0.2, -0.15) is 4.39 Å². The second-order valence-corrected chi connectivity index (χ2v) is 4.85. The molecule has 0 bridgehead atoms. The topological polar surface area (TPSA) is 63.1 Å². The van der Waals surface area contributed by atoms with Gasteiger partial charge < -0.3 is 5.11 Å². The maximum atomic E-state index is 13.5. The van der Waals surface area contributed by atoms with Gasteiger partial charge in [0.15, 0.2) is 5.69 Å². The summed E-state index contributed by atoms with van der Waals surface area (Å²) in [6, 6.07) is 1.34. The van der Waals surface area contributed by atoms with Gasteiger partial charge in [0.2, 0.25) is 5.95 Å². The van der Waals surface area contributed by atoms with Crippen molar-refractivity contribution in [1.29, 1.82) is 0 Å². The lowest BCUT2D eigenvalue weighted by molar-refractivity contribution is 0.0692. The highest BCUT2D eigenvalue weighted by atomic mass is 35.5. The molecule has 0 radical (unpaired) electrons. The van der Waals surface area contributed by atoms with E-state index < -0.39 is 11.9 Å². The lowest BCUT2D eigenvalue weighted by Crippen LogP contribution is -2.00. The number of aromatic carboxylic acids is 1. The number of carboxylic acids is 1. The van der Waals surface area contributed by atoms with Gasteiger partial charge >= 0.3 is 5.97 Å². The van der Waals surface area contributed by atoms with Crippen LogP contribution in [-0.4, -0.2) is 21.0 Å². The summed E-state index contributed by atoms with van der Waals surface area (Å²) in [6.07, 6.45) is 1.16. The predicted molar refractivity (Wildman–Crippen MR) is 62.0 cm³/mol. The highest BCUT2D eigenvalue weighted by Gasteiger charge is 2.20. The van der Waals surface area contributed by atoms with Gasteiger partial charge in [-0.1, -0.05) is 11.6 Å². The van der Waals surface area contributed by atoms with Gasteiger partial charge in [0.1, 0.15) is 0 Å². The molecule has 0 spiro atoms. The lowest BCUT2D eigenvalue weighted by atomic mass is 10.2. The Balaban J connectivity index is 2.67.